The summed E-state index contributed by atoms with van der Waals surface area (Å²) in [4.78, 5) is 16.7. The van der Waals surface area contributed by atoms with E-state index in [1.807, 2.05) is 36.4 Å². The molecule has 1 N–H and O–H groups in total. The second-order valence-electron chi connectivity index (χ2n) is 10.1. The Hall–Kier alpha value is -3.94. The van der Waals surface area contributed by atoms with Crippen LogP contribution in [0.3, 0.4) is 0 Å². The zero-order chi connectivity index (χ0) is 28.3. The van der Waals surface area contributed by atoms with Gasteiger partial charge in [-0.25, -0.2) is 4.98 Å². The van der Waals surface area contributed by atoms with E-state index in [9.17, 15) is 4.79 Å². The Kier molecular flexibility index (Phi) is 7.90. The maximum Gasteiger partial charge on any atom is 0.306 e. The summed E-state index contributed by atoms with van der Waals surface area (Å²) in [5.74, 6) is 1.42. The van der Waals surface area contributed by atoms with Gasteiger partial charge in [-0.1, -0.05) is 65.8 Å². The molecular weight excluding hydrogens is 554 g/mol. The van der Waals surface area contributed by atoms with Crippen LogP contribution < -0.4 is 10.1 Å². The fourth-order valence-corrected chi connectivity index (χ4v) is 6.31. The molecule has 0 saturated carbocycles. The number of carbonyl (C=O) groups is 1. The van der Waals surface area contributed by atoms with Crippen LogP contribution in [0.25, 0.3) is 16.7 Å². The molecule has 208 valence electrons. The summed E-state index contributed by atoms with van der Waals surface area (Å²) < 4.78 is 13.0. The molecule has 6 rings (SSSR count). The van der Waals surface area contributed by atoms with Crippen molar-refractivity contribution < 1.29 is 14.3 Å². The lowest BCUT2D eigenvalue weighted by atomic mass is 9.97. The summed E-state index contributed by atoms with van der Waals surface area (Å²) in [6, 6.07) is 28.8. The van der Waals surface area contributed by atoms with E-state index in [1.165, 1.54) is 23.8 Å². The van der Waals surface area contributed by atoms with Crippen molar-refractivity contribution in [3.63, 3.8) is 0 Å². The fraction of sp³-hybridized carbons (Fsp3) is 0.212. The van der Waals surface area contributed by atoms with Crippen LogP contribution in [-0.4, -0.2) is 29.2 Å². The number of ether oxygens (including phenoxy) is 2. The summed E-state index contributed by atoms with van der Waals surface area (Å²) in [6.45, 7) is 3.31. The van der Waals surface area contributed by atoms with Crippen molar-refractivity contribution in [2.45, 2.75) is 36.7 Å². The summed E-state index contributed by atoms with van der Waals surface area (Å²) >= 11 is 7.80. The van der Waals surface area contributed by atoms with Gasteiger partial charge in [-0.15, -0.1) is 0 Å². The van der Waals surface area contributed by atoms with Crippen LogP contribution in [0.4, 0.5) is 5.69 Å². The van der Waals surface area contributed by atoms with Gasteiger partial charge in [0.2, 0.25) is 0 Å². The average molecular weight is 584 g/mol. The molecule has 4 aromatic carbocycles. The number of para-hydroxylation sites is 2. The number of methoxy groups -OCH3 is 1. The molecule has 2 heterocycles. The number of fused-ring (bicyclic) bond motifs is 2. The smallest absolute Gasteiger partial charge is 0.306 e. The maximum atomic E-state index is 11.8. The van der Waals surface area contributed by atoms with Crippen LogP contribution in [0.15, 0.2) is 90.1 Å². The minimum Gasteiger partial charge on any atom is -0.493 e. The quantitative estimate of drug-likeness (QED) is 0.140. The summed E-state index contributed by atoms with van der Waals surface area (Å²) in [5, 5.41) is 5.25. The Morgan fingerprint density at radius 2 is 1.93 bits per heavy atom. The number of thioether (sulfide) groups is 1. The van der Waals surface area contributed by atoms with Crippen LogP contribution in [0.2, 0.25) is 5.02 Å². The Bertz CT molecular complexity index is 1720. The summed E-state index contributed by atoms with van der Waals surface area (Å²) in [7, 11) is 1.42. The third kappa shape index (κ3) is 5.78. The Morgan fingerprint density at radius 3 is 2.76 bits per heavy atom. The predicted octanol–water partition coefficient (Wildman–Crippen LogP) is 7.93. The number of nitrogens with zero attached hydrogens (tertiary/aromatic N) is 2. The fourth-order valence-electron chi connectivity index (χ4n) is 5.20. The Balaban J connectivity index is 1.24. The molecule has 5 aromatic rings. The van der Waals surface area contributed by atoms with Crippen LogP contribution >= 0.6 is 23.4 Å². The van der Waals surface area contributed by atoms with Gasteiger partial charge in [-0.3, -0.25) is 9.36 Å². The molecule has 1 aromatic heterocycles. The molecule has 1 atom stereocenters. The van der Waals surface area contributed by atoms with Gasteiger partial charge in [0.1, 0.15) is 5.75 Å². The number of anilines is 1. The molecular formula is C33H30ClN3O3S. The number of rotatable bonds is 9. The first kappa shape index (κ1) is 27.2. The minimum absolute atomic E-state index is 0.0298. The minimum atomic E-state index is -0.221. The molecule has 0 radical (unpaired) electrons. The van der Waals surface area contributed by atoms with Gasteiger partial charge >= 0.3 is 5.97 Å². The number of aromatic nitrogens is 2. The average Bonchev–Trinajstić information content (AvgIpc) is 3.57. The Morgan fingerprint density at radius 1 is 1.10 bits per heavy atom. The summed E-state index contributed by atoms with van der Waals surface area (Å²) in [6.07, 6.45) is 0.325. The molecule has 0 fully saturated rings. The van der Waals surface area contributed by atoms with Crippen LogP contribution in [0.1, 0.15) is 34.6 Å². The van der Waals surface area contributed by atoms with Crippen molar-refractivity contribution in [2.75, 3.05) is 19.0 Å². The third-order valence-electron chi connectivity index (χ3n) is 7.49. The molecule has 0 amide bonds. The molecule has 1 aliphatic rings. The molecule has 0 saturated heterocycles. The highest BCUT2D eigenvalue weighted by Crippen LogP contribution is 2.38. The van der Waals surface area contributed by atoms with Crippen molar-refractivity contribution in [3.8, 4) is 11.4 Å². The molecule has 0 unspecified atom stereocenters. The van der Waals surface area contributed by atoms with E-state index in [2.05, 4.69) is 65.3 Å². The number of hydrogen-bond acceptors (Lipinski definition) is 6. The van der Waals surface area contributed by atoms with Gasteiger partial charge in [0.05, 0.1) is 36.9 Å². The molecule has 6 nitrogen and oxygen atoms in total. The number of halogens is 1. The third-order valence-corrected chi connectivity index (χ3v) is 8.75. The lowest BCUT2D eigenvalue weighted by Gasteiger charge is -2.16. The normalized spacial score (nSPS) is 14.1. The molecule has 0 spiro atoms. The lowest BCUT2D eigenvalue weighted by Crippen LogP contribution is -2.09. The first-order valence-corrected chi connectivity index (χ1v) is 14.9. The van der Waals surface area contributed by atoms with E-state index >= 15 is 0 Å². The molecule has 1 aliphatic heterocycles. The van der Waals surface area contributed by atoms with Crippen molar-refractivity contribution in [2.24, 2.45) is 0 Å². The summed E-state index contributed by atoms with van der Waals surface area (Å²) in [5.41, 5.74) is 8.76. The number of nitrogens with one attached hydrogen (secondary N) is 1. The number of imidazole rings is 1. The van der Waals surface area contributed by atoms with E-state index in [1.54, 1.807) is 11.8 Å². The second-order valence-corrected chi connectivity index (χ2v) is 11.5. The molecule has 0 aliphatic carbocycles. The topological polar surface area (TPSA) is 65.4 Å². The SMILES string of the molecule is COC(=O)C[C@@H]1COc2cc(NCc3cccc(-n4c(SCc5ccc(Cl)cc5)nc5ccccc54)c3C)ccc21. The maximum absolute atomic E-state index is 11.8. The van der Waals surface area contributed by atoms with E-state index in [4.69, 9.17) is 26.1 Å². The van der Waals surface area contributed by atoms with Crippen LogP contribution in [-0.2, 0) is 21.8 Å². The van der Waals surface area contributed by atoms with Crippen LogP contribution in [0.5, 0.6) is 5.75 Å². The predicted molar refractivity (Wildman–Crippen MR) is 165 cm³/mol. The highest BCUT2D eigenvalue weighted by Gasteiger charge is 2.27. The number of benzene rings is 4. The second kappa shape index (κ2) is 11.9. The van der Waals surface area contributed by atoms with Gasteiger partial charge in [0, 0.05) is 40.6 Å². The van der Waals surface area contributed by atoms with Crippen molar-refractivity contribution in [1.82, 2.24) is 9.55 Å². The molecule has 0 bridgehead atoms. The molecule has 8 heteroatoms. The largest absolute Gasteiger partial charge is 0.493 e. The van der Waals surface area contributed by atoms with E-state index in [-0.39, 0.29) is 11.9 Å². The van der Waals surface area contributed by atoms with E-state index in [0.29, 0.717) is 19.6 Å². The van der Waals surface area contributed by atoms with Gasteiger partial charge in [-0.05, 0) is 60.0 Å². The van der Waals surface area contributed by atoms with E-state index < -0.39 is 0 Å². The first-order chi connectivity index (χ1) is 20.0. The standard InChI is InChI=1S/C33H30ClN3O3S/c1-21-23(18-35-26-14-15-27-24(16-32(38)39-2)19-40-31(27)17-26)6-5-9-29(21)37-30-8-4-3-7-28(30)36-33(37)41-20-22-10-12-25(34)13-11-22/h3-15,17,24,35H,16,18-20H2,1-2H3/t24-/m1/s1. The van der Waals surface area contributed by atoms with E-state index in [0.717, 1.165) is 49.7 Å². The lowest BCUT2D eigenvalue weighted by molar-refractivity contribution is -0.141. The van der Waals surface area contributed by atoms with Gasteiger partial charge < -0.3 is 14.8 Å². The zero-order valence-corrected chi connectivity index (χ0v) is 24.5. The van der Waals surface area contributed by atoms with Crippen molar-refractivity contribution in [1.29, 1.82) is 0 Å². The monoisotopic (exact) mass is 583 g/mol. The Labute approximate surface area is 248 Å². The number of hydrogen-bond donors (Lipinski definition) is 1. The number of carbonyl (C=O) groups excluding carboxylic acids is 1. The van der Waals surface area contributed by atoms with Gasteiger partial charge in [0.15, 0.2) is 5.16 Å². The highest BCUT2D eigenvalue weighted by molar-refractivity contribution is 7.98. The highest BCUT2D eigenvalue weighted by atomic mass is 35.5. The van der Waals surface area contributed by atoms with Gasteiger partial charge in [0.25, 0.3) is 0 Å². The first-order valence-electron chi connectivity index (χ1n) is 13.5. The zero-order valence-electron chi connectivity index (χ0n) is 22.9. The molecule has 41 heavy (non-hydrogen) atoms. The van der Waals surface area contributed by atoms with Gasteiger partial charge in [-0.2, -0.15) is 0 Å². The van der Waals surface area contributed by atoms with Crippen molar-refractivity contribution >= 4 is 46.1 Å². The van der Waals surface area contributed by atoms with Crippen LogP contribution in [0, 0.1) is 6.92 Å². The van der Waals surface area contributed by atoms with Crippen molar-refractivity contribution in [3.05, 3.63) is 112 Å². The number of esters is 1.